The lowest BCUT2D eigenvalue weighted by Gasteiger charge is -2.15. The lowest BCUT2D eigenvalue weighted by atomic mass is 10.2. The van der Waals surface area contributed by atoms with E-state index in [1.165, 1.54) is 32.2 Å². The Balaban J connectivity index is 2.04. The molecule has 0 aliphatic heterocycles. The number of rotatable bonds is 5. The van der Waals surface area contributed by atoms with Crippen LogP contribution in [0.15, 0.2) is 42.5 Å². The Hall–Kier alpha value is -2.24. The highest BCUT2D eigenvalue weighted by molar-refractivity contribution is 6.35. The van der Waals surface area contributed by atoms with Crippen molar-refractivity contribution in [3.05, 3.63) is 58.1 Å². The zero-order valence-electron chi connectivity index (χ0n) is 13.0. The number of para-hydroxylation sites is 2. The molecule has 1 atom stereocenters. The molecule has 1 amide bonds. The number of anilines is 1. The Morgan fingerprint density at radius 1 is 1.08 bits per heavy atom. The van der Waals surface area contributed by atoms with E-state index >= 15 is 0 Å². The normalized spacial score (nSPS) is 11.5. The lowest BCUT2D eigenvalue weighted by molar-refractivity contribution is -0.123. The minimum absolute atomic E-state index is 0.171. The molecule has 0 radical (unpaired) electrons. The van der Waals surface area contributed by atoms with Gasteiger partial charge in [0.15, 0.2) is 6.10 Å². The fraction of sp³-hybridized carbons (Fsp3) is 0.176. The maximum atomic E-state index is 12.2. The Morgan fingerprint density at radius 2 is 1.71 bits per heavy atom. The van der Waals surface area contributed by atoms with Gasteiger partial charge in [-0.2, -0.15) is 0 Å². The molecule has 1 N–H and O–H groups in total. The zero-order valence-corrected chi connectivity index (χ0v) is 14.5. The van der Waals surface area contributed by atoms with E-state index in [1.807, 2.05) is 0 Å². The van der Waals surface area contributed by atoms with Gasteiger partial charge in [-0.15, -0.1) is 0 Å². The number of nitrogens with one attached hydrogen (secondary N) is 1. The van der Waals surface area contributed by atoms with Crippen molar-refractivity contribution >= 4 is 40.8 Å². The van der Waals surface area contributed by atoms with Gasteiger partial charge in [0.1, 0.15) is 5.75 Å². The van der Waals surface area contributed by atoms with E-state index in [0.717, 1.165) is 0 Å². The minimum atomic E-state index is -1.01. The number of halogens is 2. The van der Waals surface area contributed by atoms with E-state index in [1.54, 1.807) is 24.3 Å². The third-order valence-corrected chi connectivity index (χ3v) is 3.55. The molecule has 2 aromatic carbocycles. The van der Waals surface area contributed by atoms with Crippen LogP contribution in [-0.4, -0.2) is 25.1 Å². The van der Waals surface area contributed by atoms with E-state index in [2.05, 4.69) is 5.32 Å². The summed E-state index contributed by atoms with van der Waals surface area (Å²) in [4.78, 5) is 24.3. The van der Waals surface area contributed by atoms with Gasteiger partial charge in [-0.1, -0.05) is 35.3 Å². The van der Waals surface area contributed by atoms with Gasteiger partial charge in [-0.3, -0.25) is 4.79 Å². The van der Waals surface area contributed by atoms with Gasteiger partial charge in [0.05, 0.1) is 18.4 Å². The van der Waals surface area contributed by atoms with Crippen LogP contribution in [0.3, 0.4) is 0 Å². The third kappa shape index (κ3) is 4.63. The average Bonchev–Trinajstić information content (AvgIpc) is 2.54. The van der Waals surface area contributed by atoms with Crippen molar-refractivity contribution in [3.63, 3.8) is 0 Å². The molecular weight excluding hydrogens is 353 g/mol. The Morgan fingerprint density at radius 3 is 2.33 bits per heavy atom. The molecule has 2 rings (SSSR count). The van der Waals surface area contributed by atoms with E-state index in [9.17, 15) is 9.59 Å². The van der Waals surface area contributed by atoms with Crippen LogP contribution in [0, 0.1) is 0 Å². The van der Waals surface area contributed by atoms with Crippen LogP contribution >= 0.6 is 23.2 Å². The maximum Gasteiger partial charge on any atom is 0.339 e. The van der Waals surface area contributed by atoms with Crippen molar-refractivity contribution in [2.24, 2.45) is 0 Å². The minimum Gasteiger partial charge on any atom is -0.495 e. The lowest BCUT2D eigenvalue weighted by Crippen LogP contribution is -2.30. The molecule has 0 saturated heterocycles. The first-order valence-electron chi connectivity index (χ1n) is 7.01. The summed E-state index contributed by atoms with van der Waals surface area (Å²) in [5, 5.41) is 3.26. The fourth-order valence-corrected chi connectivity index (χ4v) is 2.46. The first-order valence-corrected chi connectivity index (χ1v) is 7.77. The summed E-state index contributed by atoms with van der Waals surface area (Å²) < 4.78 is 10.3. The van der Waals surface area contributed by atoms with Crippen molar-refractivity contribution in [2.45, 2.75) is 13.0 Å². The van der Waals surface area contributed by atoms with Gasteiger partial charge < -0.3 is 14.8 Å². The second-order valence-corrected chi connectivity index (χ2v) is 5.77. The maximum absolute atomic E-state index is 12.2. The van der Waals surface area contributed by atoms with E-state index < -0.39 is 18.0 Å². The summed E-state index contributed by atoms with van der Waals surface area (Å²) in [7, 11) is 1.50. The highest BCUT2D eigenvalue weighted by Gasteiger charge is 2.20. The highest BCUT2D eigenvalue weighted by atomic mass is 35.5. The zero-order chi connectivity index (χ0) is 17.7. The highest BCUT2D eigenvalue weighted by Crippen LogP contribution is 2.24. The van der Waals surface area contributed by atoms with Crippen molar-refractivity contribution in [2.75, 3.05) is 12.4 Å². The number of ether oxygens (including phenoxy) is 2. The van der Waals surface area contributed by atoms with E-state index in [4.69, 9.17) is 32.7 Å². The number of amides is 1. The van der Waals surface area contributed by atoms with Crippen LogP contribution in [0.1, 0.15) is 17.3 Å². The fourth-order valence-electron chi connectivity index (χ4n) is 1.94. The molecule has 0 bridgehead atoms. The Kier molecular flexibility index (Phi) is 6.06. The van der Waals surface area contributed by atoms with Gasteiger partial charge in [0, 0.05) is 10.0 Å². The summed E-state index contributed by atoms with van der Waals surface area (Å²) in [6.45, 7) is 1.47. The first-order chi connectivity index (χ1) is 11.4. The predicted molar refractivity (Wildman–Crippen MR) is 93.0 cm³/mol. The second kappa shape index (κ2) is 8.04. The second-order valence-electron chi connectivity index (χ2n) is 4.90. The predicted octanol–water partition coefficient (Wildman–Crippen LogP) is 4.19. The molecule has 0 spiro atoms. The summed E-state index contributed by atoms with van der Waals surface area (Å²) in [6.07, 6.45) is -1.01. The SMILES string of the molecule is COc1ccccc1NC(=O)C(C)OC(=O)c1cc(Cl)cc(Cl)c1. The topological polar surface area (TPSA) is 64.6 Å². The van der Waals surface area contributed by atoms with Crippen LogP contribution in [0.5, 0.6) is 5.75 Å². The molecule has 0 fully saturated rings. The van der Waals surface area contributed by atoms with Gasteiger partial charge in [-0.25, -0.2) is 4.79 Å². The molecule has 0 saturated carbocycles. The van der Waals surface area contributed by atoms with E-state index in [0.29, 0.717) is 21.5 Å². The van der Waals surface area contributed by atoms with Gasteiger partial charge in [0.25, 0.3) is 5.91 Å². The van der Waals surface area contributed by atoms with Gasteiger partial charge in [-0.05, 0) is 37.3 Å². The molecule has 0 aliphatic rings. The number of methoxy groups -OCH3 is 1. The molecule has 0 heterocycles. The quantitative estimate of drug-likeness (QED) is 0.804. The van der Waals surface area contributed by atoms with Crippen LogP contribution in [0.25, 0.3) is 0 Å². The van der Waals surface area contributed by atoms with Crippen LogP contribution in [-0.2, 0) is 9.53 Å². The molecule has 5 nitrogen and oxygen atoms in total. The monoisotopic (exact) mass is 367 g/mol. The molecule has 126 valence electrons. The van der Waals surface area contributed by atoms with Crippen LogP contribution < -0.4 is 10.1 Å². The first kappa shape index (κ1) is 18.1. The molecule has 0 aliphatic carbocycles. The van der Waals surface area contributed by atoms with Crippen LogP contribution in [0.2, 0.25) is 10.0 Å². The number of carbonyl (C=O) groups excluding carboxylic acids is 2. The number of hydrogen-bond donors (Lipinski definition) is 1. The Bertz CT molecular complexity index is 744. The number of carbonyl (C=O) groups is 2. The van der Waals surface area contributed by atoms with Crippen molar-refractivity contribution < 1.29 is 19.1 Å². The summed E-state index contributed by atoms with van der Waals surface area (Å²) in [5.41, 5.74) is 0.656. The average molecular weight is 368 g/mol. The molecule has 2 aromatic rings. The number of hydrogen-bond acceptors (Lipinski definition) is 4. The number of esters is 1. The van der Waals surface area contributed by atoms with E-state index in [-0.39, 0.29) is 5.56 Å². The van der Waals surface area contributed by atoms with Crippen molar-refractivity contribution in [3.8, 4) is 5.75 Å². The Labute approximate surface area is 149 Å². The summed E-state index contributed by atoms with van der Waals surface area (Å²) >= 11 is 11.7. The summed E-state index contributed by atoms with van der Waals surface area (Å²) in [5.74, 6) is -0.672. The molecule has 0 aromatic heterocycles. The standard InChI is InChI=1S/C17H15Cl2NO4/c1-10(16(21)20-14-5-3-4-6-15(14)23-2)24-17(22)11-7-12(18)9-13(19)8-11/h3-10H,1-2H3,(H,20,21). The smallest absolute Gasteiger partial charge is 0.339 e. The van der Waals surface area contributed by atoms with Gasteiger partial charge in [0.2, 0.25) is 0 Å². The van der Waals surface area contributed by atoms with Crippen molar-refractivity contribution in [1.29, 1.82) is 0 Å². The third-order valence-electron chi connectivity index (χ3n) is 3.12. The van der Waals surface area contributed by atoms with Crippen molar-refractivity contribution in [1.82, 2.24) is 0 Å². The number of benzene rings is 2. The summed E-state index contributed by atoms with van der Waals surface area (Å²) in [6, 6.07) is 11.3. The molecule has 1 unspecified atom stereocenters. The van der Waals surface area contributed by atoms with Crippen LogP contribution in [0.4, 0.5) is 5.69 Å². The van der Waals surface area contributed by atoms with Gasteiger partial charge >= 0.3 is 5.97 Å². The molecule has 7 heteroatoms. The molecular formula is C17H15Cl2NO4. The largest absolute Gasteiger partial charge is 0.495 e. The molecule has 24 heavy (non-hydrogen) atoms.